The van der Waals surface area contributed by atoms with E-state index in [9.17, 15) is 14.0 Å². The van der Waals surface area contributed by atoms with Gasteiger partial charge in [0.05, 0.1) is 29.8 Å². The second-order valence-electron chi connectivity index (χ2n) is 7.89. The number of fused-ring (bicyclic) bond motifs is 1. The number of hydrogen-bond donors (Lipinski definition) is 1. The molecule has 1 amide bonds. The third kappa shape index (κ3) is 4.14. The molecule has 0 spiro atoms. The monoisotopic (exact) mass is 429 g/mol. The van der Waals surface area contributed by atoms with Crippen LogP contribution in [0.5, 0.6) is 0 Å². The van der Waals surface area contributed by atoms with Gasteiger partial charge in [-0.25, -0.2) is 14.2 Å². The number of halogens is 1. The minimum Gasteiger partial charge on any atom is -0.459 e. The van der Waals surface area contributed by atoms with Crippen molar-refractivity contribution in [2.45, 2.75) is 58.2 Å². The van der Waals surface area contributed by atoms with Gasteiger partial charge in [-0.2, -0.15) is 0 Å². The number of aliphatic imine (C=N–C) groups is 1. The first-order valence-corrected chi connectivity index (χ1v) is 10.9. The van der Waals surface area contributed by atoms with Gasteiger partial charge in [-0.3, -0.25) is 4.79 Å². The molecule has 0 radical (unpaired) electrons. The van der Waals surface area contributed by atoms with E-state index in [0.717, 1.165) is 12.8 Å². The molecule has 0 bridgehead atoms. The Balaban J connectivity index is 1.73. The average Bonchev–Trinajstić information content (AvgIpc) is 3.40. The Kier molecular flexibility index (Phi) is 5.69. The molecule has 2 aliphatic heterocycles. The largest absolute Gasteiger partial charge is 0.459 e. The highest BCUT2D eigenvalue weighted by Crippen LogP contribution is 2.45. The first-order chi connectivity index (χ1) is 14.3. The van der Waals surface area contributed by atoms with Gasteiger partial charge in [-0.1, -0.05) is 30.0 Å². The van der Waals surface area contributed by atoms with Crippen LogP contribution in [-0.4, -0.2) is 34.1 Å². The topological polar surface area (TPSA) is 71.0 Å². The zero-order valence-electron chi connectivity index (χ0n) is 17.1. The summed E-state index contributed by atoms with van der Waals surface area (Å²) in [7, 11) is 0. The van der Waals surface area contributed by atoms with Crippen molar-refractivity contribution < 1.29 is 18.7 Å². The van der Waals surface area contributed by atoms with Gasteiger partial charge in [0, 0.05) is 17.3 Å². The predicted octanol–water partition coefficient (Wildman–Crippen LogP) is 4.02. The van der Waals surface area contributed by atoms with Crippen LogP contribution in [0, 0.1) is 5.82 Å². The lowest BCUT2D eigenvalue weighted by Crippen LogP contribution is -2.39. The Morgan fingerprint density at radius 3 is 2.73 bits per heavy atom. The highest BCUT2D eigenvalue weighted by atomic mass is 32.2. The third-order valence-electron chi connectivity index (χ3n) is 5.05. The van der Waals surface area contributed by atoms with E-state index in [1.165, 1.54) is 17.8 Å². The van der Waals surface area contributed by atoms with Crippen LogP contribution in [0.25, 0.3) is 0 Å². The van der Waals surface area contributed by atoms with Crippen molar-refractivity contribution in [3.05, 3.63) is 58.0 Å². The fourth-order valence-corrected chi connectivity index (χ4v) is 4.53. The van der Waals surface area contributed by atoms with E-state index in [4.69, 9.17) is 4.74 Å². The summed E-state index contributed by atoms with van der Waals surface area (Å²) in [4.78, 5) is 31.8. The minimum absolute atomic E-state index is 0.0875. The summed E-state index contributed by atoms with van der Waals surface area (Å²) in [5.41, 5.74) is 1.81. The smallest absolute Gasteiger partial charge is 0.338 e. The number of amidine groups is 1. The zero-order valence-corrected chi connectivity index (χ0v) is 18.0. The van der Waals surface area contributed by atoms with Crippen LogP contribution >= 0.6 is 11.8 Å². The molecular formula is C22H24FN3O3S. The molecule has 1 aromatic carbocycles. The van der Waals surface area contributed by atoms with Gasteiger partial charge in [0.25, 0.3) is 0 Å². The lowest BCUT2D eigenvalue weighted by Gasteiger charge is -2.36. The summed E-state index contributed by atoms with van der Waals surface area (Å²) in [5.74, 6) is -1.04. The standard InChI is InChI=1S/C22H24FN3O3S/c1-12(2)29-21(28)19-13(3)24-22-26(20(19)16-6-4-5-7-17(16)23)15(11-30-22)10-18(27)25-14-8-9-14/h4-7,11-12,14,20H,8-10H2,1-3H3,(H,25,27)/t20-/m0/s1. The van der Waals surface area contributed by atoms with Crippen LogP contribution in [-0.2, 0) is 14.3 Å². The van der Waals surface area contributed by atoms with Crippen molar-refractivity contribution >= 4 is 28.8 Å². The quantitative estimate of drug-likeness (QED) is 0.692. The maximum atomic E-state index is 14.9. The molecule has 1 saturated carbocycles. The number of esters is 1. The van der Waals surface area contributed by atoms with Crippen LogP contribution in [0.1, 0.15) is 51.6 Å². The summed E-state index contributed by atoms with van der Waals surface area (Å²) in [6.07, 6.45) is 1.82. The number of benzene rings is 1. The zero-order chi connectivity index (χ0) is 21.4. The summed E-state index contributed by atoms with van der Waals surface area (Å²) in [5, 5.41) is 5.45. The van der Waals surface area contributed by atoms with Crippen LogP contribution in [0.3, 0.4) is 0 Å². The molecule has 0 saturated heterocycles. The van der Waals surface area contributed by atoms with Crippen molar-refractivity contribution in [3.63, 3.8) is 0 Å². The summed E-state index contributed by atoms with van der Waals surface area (Å²) >= 11 is 1.37. The molecule has 30 heavy (non-hydrogen) atoms. The van der Waals surface area contributed by atoms with Gasteiger partial charge < -0.3 is 15.0 Å². The molecule has 1 fully saturated rings. The van der Waals surface area contributed by atoms with Crippen LogP contribution in [0.4, 0.5) is 4.39 Å². The molecule has 6 nitrogen and oxygen atoms in total. The van der Waals surface area contributed by atoms with Gasteiger partial charge in [-0.05, 0) is 45.1 Å². The number of rotatable bonds is 6. The molecule has 3 aliphatic rings. The van der Waals surface area contributed by atoms with Crippen molar-refractivity contribution in [3.8, 4) is 0 Å². The minimum atomic E-state index is -0.750. The predicted molar refractivity (Wildman–Crippen MR) is 114 cm³/mol. The molecule has 1 aromatic rings. The van der Waals surface area contributed by atoms with E-state index in [1.807, 2.05) is 5.41 Å². The molecule has 8 heteroatoms. The second-order valence-corrected chi connectivity index (χ2v) is 8.72. The summed E-state index contributed by atoms with van der Waals surface area (Å²) < 4.78 is 20.3. The fourth-order valence-electron chi connectivity index (χ4n) is 3.57. The number of allylic oxidation sites excluding steroid dienone is 1. The Hall–Kier alpha value is -2.61. The Morgan fingerprint density at radius 1 is 1.33 bits per heavy atom. The molecule has 1 atom stereocenters. The van der Waals surface area contributed by atoms with Gasteiger partial charge in [0.2, 0.25) is 5.91 Å². The van der Waals surface area contributed by atoms with Gasteiger partial charge in [0.15, 0.2) is 5.17 Å². The lowest BCUT2D eigenvalue weighted by atomic mass is 9.93. The van der Waals surface area contributed by atoms with E-state index in [0.29, 0.717) is 22.1 Å². The number of nitrogens with zero attached hydrogens (tertiary/aromatic N) is 2. The van der Waals surface area contributed by atoms with Gasteiger partial charge in [0.1, 0.15) is 5.82 Å². The molecule has 2 heterocycles. The molecule has 0 unspecified atom stereocenters. The van der Waals surface area contributed by atoms with Crippen LogP contribution in [0.15, 0.2) is 51.6 Å². The van der Waals surface area contributed by atoms with Crippen molar-refractivity contribution in [2.24, 2.45) is 4.99 Å². The van der Waals surface area contributed by atoms with Crippen LogP contribution in [0.2, 0.25) is 0 Å². The number of carbonyl (C=O) groups excluding carboxylic acids is 2. The number of hydrogen-bond acceptors (Lipinski definition) is 6. The van der Waals surface area contributed by atoms with Crippen LogP contribution < -0.4 is 5.32 Å². The van der Waals surface area contributed by atoms with Gasteiger partial charge in [-0.15, -0.1) is 0 Å². The van der Waals surface area contributed by atoms with Crippen molar-refractivity contribution in [1.82, 2.24) is 10.2 Å². The summed E-state index contributed by atoms with van der Waals surface area (Å²) in [6.45, 7) is 5.26. The normalized spacial score (nSPS) is 20.7. The number of nitrogens with one attached hydrogen (secondary N) is 1. The second kappa shape index (κ2) is 8.26. The van der Waals surface area contributed by atoms with E-state index in [1.54, 1.807) is 43.9 Å². The third-order valence-corrected chi connectivity index (χ3v) is 5.94. The van der Waals surface area contributed by atoms with E-state index in [-0.39, 0.29) is 30.0 Å². The first-order valence-electron chi connectivity index (χ1n) is 10.0. The molecule has 0 aromatic heterocycles. The molecular weight excluding hydrogens is 405 g/mol. The van der Waals surface area contributed by atoms with Gasteiger partial charge >= 0.3 is 5.97 Å². The molecule has 4 rings (SSSR count). The first kappa shape index (κ1) is 20.7. The Labute approximate surface area is 179 Å². The van der Waals surface area contributed by atoms with E-state index in [2.05, 4.69) is 10.3 Å². The number of amides is 1. The average molecular weight is 430 g/mol. The van der Waals surface area contributed by atoms with Crippen molar-refractivity contribution in [2.75, 3.05) is 0 Å². The molecule has 158 valence electrons. The Bertz CT molecular complexity index is 982. The number of ether oxygens (including phenoxy) is 1. The lowest BCUT2D eigenvalue weighted by molar-refractivity contribution is -0.143. The summed E-state index contributed by atoms with van der Waals surface area (Å²) in [6, 6.07) is 5.87. The highest BCUT2D eigenvalue weighted by Gasteiger charge is 2.42. The Morgan fingerprint density at radius 2 is 2.07 bits per heavy atom. The SMILES string of the molecule is CC1=C(C(=O)OC(C)C)[C@H](c2ccccc2F)N2C(CC(=O)NC3CC3)=CSC2=N1. The van der Waals surface area contributed by atoms with E-state index < -0.39 is 17.8 Å². The number of carbonyl (C=O) groups is 2. The maximum absolute atomic E-state index is 14.9. The molecule has 1 N–H and O–H groups in total. The fraction of sp³-hybridized carbons (Fsp3) is 0.409. The highest BCUT2D eigenvalue weighted by molar-refractivity contribution is 8.16. The van der Waals surface area contributed by atoms with Crippen molar-refractivity contribution in [1.29, 1.82) is 0 Å². The number of thioether (sulfide) groups is 1. The van der Waals surface area contributed by atoms with E-state index >= 15 is 0 Å². The maximum Gasteiger partial charge on any atom is 0.338 e. The molecule has 1 aliphatic carbocycles.